The van der Waals surface area contributed by atoms with Gasteiger partial charge in [0.2, 0.25) is 10.0 Å². The van der Waals surface area contributed by atoms with E-state index in [2.05, 4.69) is 0 Å². The number of sulfonamides is 1. The van der Waals surface area contributed by atoms with Gasteiger partial charge in [-0.1, -0.05) is 6.42 Å². The Morgan fingerprint density at radius 3 is 2.15 bits per heavy atom. The normalized spacial score (nSPS) is 24.7. The van der Waals surface area contributed by atoms with Crippen LogP contribution in [-0.2, 0) is 19.9 Å². The van der Waals surface area contributed by atoms with E-state index in [1.807, 2.05) is 0 Å². The summed E-state index contributed by atoms with van der Waals surface area (Å²) in [6, 6.07) is 0.0464. The molecular weight excluding hydrogens is 302 g/mol. The van der Waals surface area contributed by atoms with Crippen LogP contribution in [-0.4, -0.2) is 62.2 Å². The number of aliphatic hydroxyl groups excluding tert-OH is 1. The van der Waals surface area contributed by atoms with Crippen LogP contribution in [0.1, 0.15) is 38.5 Å². The van der Waals surface area contributed by atoms with Gasteiger partial charge in [0.05, 0.1) is 16.8 Å². The Hall–Kier alpha value is -0.180. The van der Waals surface area contributed by atoms with E-state index < -0.39 is 25.1 Å². The largest absolute Gasteiger partial charge is 0.396 e. The molecule has 1 saturated carbocycles. The van der Waals surface area contributed by atoms with Crippen molar-refractivity contribution in [2.24, 2.45) is 0 Å². The van der Waals surface area contributed by atoms with Crippen LogP contribution >= 0.6 is 0 Å². The van der Waals surface area contributed by atoms with Gasteiger partial charge in [0.1, 0.15) is 9.84 Å². The van der Waals surface area contributed by atoms with E-state index in [4.69, 9.17) is 5.11 Å². The third-order valence-corrected chi connectivity index (χ3v) is 8.43. The minimum Gasteiger partial charge on any atom is -0.396 e. The zero-order valence-electron chi connectivity index (χ0n) is 11.6. The van der Waals surface area contributed by atoms with Gasteiger partial charge in [0, 0.05) is 19.2 Å². The van der Waals surface area contributed by atoms with E-state index in [9.17, 15) is 16.8 Å². The third kappa shape index (κ3) is 3.52. The average Bonchev–Trinajstić information content (AvgIpc) is 2.31. The summed E-state index contributed by atoms with van der Waals surface area (Å²) in [4.78, 5) is 0. The Morgan fingerprint density at radius 1 is 1.10 bits per heavy atom. The Morgan fingerprint density at radius 2 is 1.70 bits per heavy atom. The van der Waals surface area contributed by atoms with Gasteiger partial charge in [-0.15, -0.1) is 0 Å². The second-order valence-corrected chi connectivity index (χ2v) is 10.1. The number of hydrogen-bond donors (Lipinski definition) is 1. The second kappa shape index (κ2) is 6.29. The number of aliphatic hydroxyl groups is 1. The standard InChI is InChI=1S/C12H23NO5S2/c14-8-2-7-13(11-3-1-4-11)20(17,18)12-5-9-19(15,16)10-6-12/h11-12,14H,1-10H2. The Balaban J connectivity index is 2.09. The van der Waals surface area contributed by atoms with E-state index in [0.29, 0.717) is 13.0 Å². The summed E-state index contributed by atoms with van der Waals surface area (Å²) in [6.45, 7) is 0.310. The van der Waals surface area contributed by atoms with Gasteiger partial charge < -0.3 is 5.11 Å². The van der Waals surface area contributed by atoms with Crippen molar-refractivity contribution in [2.45, 2.75) is 49.8 Å². The van der Waals surface area contributed by atoms with Gasteiger partial charge in [-0.25, -0.2) is 16.8 Å². The number of sulfone groups is 1. The number of rotatable bonds is 6. The van der Waals surface area contributed by atoms with Crippen LogP contribution in [0, 0.1) is 0 Å². The predicted molar refractivity (Wildman–Crippen MR) is 76.6 cm³/mol. The summed E-state index contributed by atoms with van der Waals surface area (Å²) in [5, 5.41) is 8.35. The lowest BCUT2D eigenvalue weighted by molar-refractivity contribution is 0.196. The maximum Gasteiger partial charge on any atom is 0.217 e. The zero-order valence-corrected chi connectivity index (χ0v) is 13.2. The minimum atomic E-state index is -3.45. The highest BCUT2D eigenvalue weighted by molar-refractivity contribution is 7.92. The van der Waals surface area contributed by atoms with E-state index in [1.165, 1.54) is 4.31 Å². The highest BCUT2D eigenvalue weighted by atomic mass is 32.2. The zero-order chi connectivity index (χ0) is 14.8. The first-order valence-electron chi connectivity index (χ1n) is 7.19. The first kappa shape index (κ1) is 16.2. The van der Waals surface area contributed by atoms with Crippen molar-refractivity contribution in [1.82, 2.24) is 4.31 Å². The number of hydrogen-bond acceptors (Lipinski definition) is 5. The minimum absolute atomic E-state index is 0.0300. The SMILES string of the molecule is O=S1(=O)CCC(S(=O)(=O)N(CCCO)C2CCC2)CC1. The molecule has 6 nitrogen and oxygen atoms in total. The van der Waals surface area contributed by atoms with Crippen molar-refractivity contribution < 1.29 is 21.9 Å². The van der Waals surface area contributed by atoms with E-state index in [0.717, 1.165) is 19.3 Å². The van der Waals surface area contributed by atoms with Gasteiger partial charge in [0.15, 0.2) is 0 Å². The fourth-order valence-corrected chi connectivity index (χ4v) is 6.79. The molecule has 0 aromatic carbocycles. The van der Waals surface area contributed by atoms with Crippen molar-refractivity contribution in [2.75, 3.05) is 24.7 Å². The molecule has 2 fully saturated rings. The molecule has 0 amide bonds. The fraction of sp³-hybridized carbons (Fsp3) is 1.00. The molecule has 1 aliphatic carbocycles. The van der Waals surface area contributed by atoms with Crippen LogP contribution in [0.15, 0.2) is 0 Å². The average molecular weight is 325 g/mol. The fourth-order valence-electron chi connectivity index (χ4n) is 2.78. The molecule has 0 unspecified atom stereocenters. The molecule has 2 aliphatic rings. The highest BCUT2D eigenvalue weighted by Crippen LogP contribution is 2.31. The first-order valence-corrected chi connectivity index (χ1v) is 10.5. The molecule has 1 saturated heterocycles. The molecule has 0 aromatic heterocycles. The van der Waals surface area contributed by atoms with Crippen molar-refractivity contribution in [3.63, 3.8) is 0 Å². The van der Waals surface area contributed by atoms with Crippen LogP contribution < -0.4 is 0 Å². The Bertz CT molecular complexity index is 510. The smallest absolute Gasteiger partial charge is 0.217 e. The van der Waals surface area contributed by atoms with E-state index in [-0.39, 0.29) is 37.0 Å². The molecule has 0 aromatic rings. The molecule has 0 spiro atoms. The first-order chi connectivity index (χ1) is 9.37. The second-order valence-electron chi connectivity index (χ2n) is 5.67. The summed E-state index contributed by atoms with van der Waals surface area (Å²) in [5.74, 6) is -0.0647. The van der Waals surface area contributed by atoms with Crippen LogP contribution in [0.2, 0.25) is 0 Å². The predicted octanol–water partition coefficient (Wildman–Crippen LogP) is 0.130. The van der Waals surface area contributed by atoms with Crippen LogP contribution in [0.5, 0.6) is 0 Å². The monoisotopic (exact) mass is 325 g/mol. The van der Waals surface area contributed by atoms with Crippen LogP contribution in [0.3, 0.4) is 0 Å². The van der Waals surface area contributed by atoms with Crippen molar-refractivity contribution in [3.05, 3.63) is 0 Å². The molecule has 0 atom stereocenters. The Kier molecular flexibility index (Phi) is 5.09. The molecule has 8 heteroatoms. The molecular formula is C12H23NO5S2. The summed E-state index contributed by atoms with van der Waals surface area (Å²) in [7, 11) is -6.50. The molecule has 0 radical (unpaired) electrons. The third-order valence-electron chi connectivity index (χ3n) is 4.27. The maximum atomic E-state index is 12.7. The number of nitrogens with zero attached hydrogens (tertiary/aromatic N) is 1. The Labute approximate surface area is 121 Å². The van der Waals surface area contributed by atoms with E-state index in [1.54, 1.807) is 0 Å². The van der Waals surface area contributed by atoms with Crippen molar-refractivity contribution in [1.29, 1.82) is 0 Å². The topological polar surface area (TPSA) is 91.8 Å². The molecule has 118 valence electrons. The van der Waals surface area contributed by atoms with Crippen LogP contribution in [0.4, 0.5) is 0 Å². The highest BCUT2D eigenvalue weighted by Gasteiger charge is 2.40. The van der Waals surface area contributed by atoms with Crippen molar-refractivity contribution >= 4 is 19.9 Å². The molecule has 0 bridgehead atoms. The quantitative estimate of drug-likeness (QED) is 0.749. The molecule has 1 heterocycles. The van der Waals surface area contributed by atoms with Gasteiger partial charge >= 0.3 is 0 Å². The maximum absolute atomic E-state index is 12.7. The summed E-state index contributed by atoms with van der Waals surface area (Å²) >= 11 is 0. The van der Waals surface area contributed by atoms with Gasteiger partial charge in [-0.05, 0) is 32.1 Å². The summed E-state index contributed by atoms with van der Waals surface area (Å²) in [5.41, 5.74) is 0. The van der Waals surface area contributed by atoms with Gasteiger partial charge in [0.25, 0.3) is 0 Å². The molecule has 1 N–H and O–H groups in total. The van der Waals surface area contributed by atoms with E-state index >= 15 is 0 Å². The lowest BCUT2D eigenvalue weighted by Crippen LogP contribution is -2.50. The lowest BCUT2D eigenvalue weighted by atomic mass is 9.93. The summed E-state index contributed by atoms with van der Waals surface area (Å²) < 4.78 is 49.7. The molecule has 1 aliphatic heterocycles. The molecule has 2 rings (SSSR count). The lowest BCUT2D eigenvalue weighted by Gasteiger charge is -2.39. The molecule has 20 heavy (non-hydrogen) atoms. The van der Waals surface area contributed by atoms with Crippen LogP contribution in [0.25, 0.3) is 0 Å². The van der Waals surface area contributed by atoms with Crippen molar-refractivity contribution in [3.8, 4) is 0 Å². The summed E-state index contributed by atoms with van der Waals surface area (Å²) in [6.07, 6.45) is 3.61. The van der Waals surface area contributed by atoms with Gasteiger partial charge in [-0.3, -0.25) is 0 Å². The van der Waals surface area contributed by atoms with Gasteiger partial charge in [-0.2, -0.15) is 4.31 Å².